The lowest BCUT2D eigenvalue weighted by atomic mass is 9.94. The van der Waals surface area contributed by atoms with Crippen LogP contribution in [-0.2, 0) is 6.18 Å². The topological polar surface area (TPSA) is 33.7 Å². The molecule has 4 nitrogen and oxygen atoms in total. The molecule has 1 atom stereocenters. The van der Waals surface area contributed by atoms with E-state index in [1.807, 2.05) is 0 Å². The van der Waals surface area contributed by atoms with Crippen LogP contribution >= 0.6 is 27.5 Å². The average molecular weight is 494 g/mol. The molecule has 1 unspecified atom stereocenters. The Morgan fingerprint density at radius 2 is 1.69 bits per heavy atom. The molecular formula is C20H21BrClF3N2O2. The van der Waals surface area contributed by atoms with Gasteiger partial charge in [0.05, 0.1) is 30.8 Å². The highest BCUT2D eigenvalue weighted by molar-refractivity contribution is 9.10. The lowest BCUT2D eigenvalue weighted by Gasteiger charge is -2.36. The van der Waals surface area contributed by atoms with Gasteiger partial charge in [0.15, 0.2) is 11.5 Å². The summed E-state index contributed by atoms with van der Waals surface area (Å²) in [6.07, 6.45) is -4.53. The van der Waals surface area contributed by atoms with E-state index < -0.39 is 17.8 Å². The first-order valence-corrected chi connectivity index (χ1v) is 10.2. The Labute approximate surface area is 181 Å². The Hall–Kier alpha value is -1.48. The van der Waals surface area contributed by atoms with Gasteiger partial charge in [0.25, 0.3) is 0 Å². The lowest BCUT2D eigenvalue weighted by molar-refractivity contribution is -0.137. The van der Waals surface area contributed by atoms with Crippen LogP contribution in [0.2, 0.25) is 5.02 Å². The van der Waals surface area contributed by atoms with Crippen molar-refractivity contribution < 1.29 is 22.6 Å². The van der Waals surface area contributed by atoms with Crippen molar-refractivity contribution in [3.8, 4) is 11.5 Å². The smallest absolute Gasteiger partial charge is 0.417 e. The summed E-state index contributed by atoms with van der Waals surface area (Å²) in [5.41, 5.74) is 0.463. The van der Waals surface area contributed by atoms with Crippen molar-refractivity contribution >= 4 is 27.5 Å². The van der Waals surface area contributed by atoms with Gasteiger partial charge in [-0.2, -0.15) is 13.2 Å². The molecule has 0 spiro atoms. The molecule has 0 saturated carbocycles. The molecule has 0 aromatic heterocycles. The number of benzene rings is 2. The molecule has 1 heterocycles. The van der Waals surface area contributed by atoms with Crippen LogP contribution in [0.5, 0.6) is 11.5 Å². The summed E-state index contributed by atoms with van der Waals surface area (Å²) < 4.78 is 51.9. The summed E-state index contributed by atoms with van der Waals surface area (Å²) in [6, 6.07) is 7.25. The van der Waals surface area contributed by atoms with E-state index >= 15 is 0 Å². The maximum absolute atomic E-state index is 13.5. The Bertz CT molecular complexity index is 874. The van der Waals surface area contributed by atoms with Gasteiger partial charge in [-0.1, -0.05) is 33.6 Å². The number of ether oxygens (including phenoxy) is 2. The molecular weight excluding hydrogens is 473 g/mol. The van der Waals surface area contributed by atoms with E-state index in [-0.39, 0.29) is 5.02 Å². The van der Waals surface area contributed by atoms with Crippen molar-refractivity contribution in [1.29, 1.82) is 0 Å². The highest BCUT2D eigenvalue weighted by Crippen LogP contribution is 2.43. The molecule has 0 aliphatic carbocycles. The number of alkyl halides is 3. The lowest BCUT2D eigenvalue weighted by Crippen LogP contribution is -2.45. The van der Waals surface area contributed by atoms with E-state index in [0.717, 1.165) is 29.2 Å². The Kier molecular flexibility index (Phi) is 6.98. The zero-order valence-corrected chi connectivity index (χ0v) is 18.3. The van der Waals surface area contributed by atoms with Gasteiger partial charge >= 0.3 is 6.18 Å². The van der Waals surface area contributed by atoms with Gasteiger partial charge in [-0.3, -0.25) is 4.90 Å². The van der Waals surface area contributed by atoms with E-state index in [0.29, 0.717) is 30.2 Å². The van der Waals surface area contributed by atoms with Gasteiger partial charge in [-0.05, 0) is 35.4 Å². The van der Waals surface area contributed by atoms with Crippen LogP contribution < -0.4 is 14.8 Å². The Morgan fingerprint density at radius 3 is 2.28 bits per heavy atom. The van der Waals surface area contributed by atoms with Gasteiger partial charge in [-0.25, -0.2) is 0 Å². The minimum atomic E-state index is -4.53. The summed E-state index contributed by atoms with van der Waals surface area (Å²) in [5.74, 6) is 1.05. The second-order valence-corrected chi connectivity index (χ2v) is 7.92. The second kappa shape index (κ2) is 9.12. The highest BCUT2D eigenvalue weighted by Gasteiger charge is 2.35. The van der Waals surface area contributed by atoms with E-state index in [9.17, 15) is 13.2 Å². The number of halogens is 5. The molecule has 158 valence electrons. The standard InChI is InChI=1S/C20H21BrClF3N2O2/c1-28-17-10-13(15(21)11-18(17)29-2)19(27-7-5-26-6-8-27)12-3-4-16(22)14(9-12)20(23,24)25/h3-4,9-11,19,26H,5-8H2,1-2H3. The zero-order valence-electron chi connectivity index (χ0n) is 15.9. The fourth-order valence-electron chi connectivity index (χ4n) is 3.54. The fraction of sp³-hybridized carbons (Fsp3) is 0.400. The van der Waals surface area contributed by atoms with E-state index in [1.54, 1.807) is 18.2 Å². The number of nitrogens with zero attached hydrogens (tertiary/aromatic N) is 1. The molecule has 0 bridgehead atoms. The summed E-state index contributed by atoms with van der Waals surface area (Å²) >= 11 is 9.41. The summed E-state index contributed by atoms with van der Waals surface area (Å²) in [7, 11) is 3.06. The third-order valence-electron chi connectivity index (χ3n) is 4.93. The monoisotopic (exact) mass is 492 g/mol. The molecule has 3 rings (SSSR count). The SMILES string of the molecule is COc1cc(Br)c(C(c2ccc(Cl)c(C(F)(F)F)c2)N2CCNCC2)cc1OC. The molecule has 9 heteroatoms. The molecule has 0 radical (unpaired) electrons. The van der Waals surface area contributed by atoms with Crippen molar-refractivity contribution in [2.24, 2.45) is 0 Å². The quantitative estimate of drug-likeness (QED) is 0.626. The molecule has 1 saturated heterocycles. The van der Waals surface area contributed by atoms with Gasteiger partial charge < -0.3 is 14.8 Å². The van der Waals surface area contributed by atoms with Crippen LogP contribution in [0.25, 0.3) is 0 Å². The molecule has 2 aromatic carbocycles. The number of hydrogen-bond acceptors (Lipinski definition) is 4. The van der Waals surface area contributed by atoms with Crippen molar-refractivity contribution in [2.75, 3.05) is 40.4 Å². The maximum atomic E-state index is 13.5. The van der Waals surface area contributed by atoms with Crippen molar-refractivity contribution in [2.45, 2.75) is 12.2 Å². The minimum Gasteiger partial charge on any atom is -0.493 e. The predicted octanol–water partition coefficient (Wildman–Crippen LogP) is 5.13. The number of rotatable bonds is 5. The summed E-state index contributed by atoms with van der Waals surface area (Å²) in [6.45, 7) is 2.88. The van der Waals surface area contributed by atoms with Crippen molar-refractivity contribution in [1.82, 2.24) is 10.2 Å². The van der Waals surface area contributed by atoms with E-state index in [4.69, 9.17) is 21.1 Å². The van der Waals surface area contributed by atoms with Crippen LogP contribution in [0.3, 0.4) is 0 Å². The van der Waals surface area contributed by atoms with Crippen LogP contribution in [0.4, 0.5) is 13.2 Å². The van der Waals surface area contributed by atoms with Crippen LogP contribution in [0.1, 0.15) is 22.7 Å². The van der Waals surface area contributed by atoms with Crippen LogP contribution in [-0.4, -0.2) is 45.3 Å². The number of methoxy groups -OCH3 is 2. The first-order valence-electron chi connectivity index (χ1n) is 8.99. The van der Waals surface area contributed by atoms with Gasteiger partial charge in [0, 0.05) is 30.7 Å². The third-order valence-corrected chi connectivity index (χ3v) is 5.94. The van der Waals surface area contributed by atoms with Gasteiger partial charge in [0.1, 0.15) is 0 Å². The fourth-order valence-corrected chi connectivity index (χ4v) is 4.30. The second-order valence-electron chi connectivity index (χ2n) is 6.65. The van der Waals surface area contributed by atoms with Gasteiger partial charge in [0.2, 0.25) is 0 Å². The van der Waals surface area contributed by atoms with Crippen molar-refractivity contribution in [3.63, 3.8) is 0 Å². The first-order chi connectivity index (χ1) is 13.8. The van der Waals surface area contributed by atoms with Crippen LogP contribution in [0.15, 0.2) is 34.8 Å². The molecule has 1 aliphatic heterocycles. The molecule has 1 aliphatic rings. The maximum Gasteiger partial charge on any atom is 0.417 e. The Balaban J connectivity index is 2.17. The predicted molar refractivity (Wildman–Crippen MR) is 110 cm³/mol. The van der Waals surface area contributed by atoms with Crippen molar-refractivity contribution in [3.05, 3.63) is 56.5 Å². The summed E-state index contributed by atoms with van der Waals surface area (Å²) in [4.78, 5) is 2.14. The zero-order chi connectivity index (χ0) is 21.2. The Morgan fingerprint density at radius 1 is 1.07 bits per heavy atom. The number of nitrogens with one attached hydrogen (secondary N) is 1. The molecule has 2 aromatic rings. The molecule has 1 N–H and O–H groups in total. The molecule has 29 heavy (non-hydrogen) atoms. The molecule has 0 amide bonds. The van der Waals surface area contributed by atoms with Crippen LogP contribution in [0, 0.1) is 0 Å². The number of hydrogen-bond donors (Lipinski definition) is 1. The minimum absolute atomic E-state index is 0.313. The average Bonchev–Trinajstić information content (AvgIpc) is 2.70. The van der Waals surface area contributed by atoms with E-state index in [1.165, 1.54) is 20.3 Å². The number of piperazine rings is 1. The van der Waals surface area contributed by atoms with Gasteiger partial charge in [-0.15, -0.1) is 0 Å². The molecule has 1 fully saturated rings. The largest absolute Gasteiger partial charge is 0.493 e. The normalized spacial score (nSPS) is 16.5. The summed E-state index contributed by atoms with van der Waals surface area (Å²) in [5, 5.41) is 2.96. The third kappa shape index (κ3) is 4.82. The first kappa shape index (κ1) is 22.2. The van der Waals surface area contributed by atoms with E-state index in [2.05, 4.69) is 26.1 Å². The highest BCUT2D eigenvalue weighted by atomic mass is 79.9.